The Labute approximate surface area is 210 Å². The van der Waals surface area contributed by atoms with E-state index < -0.39 is 0 Å². The average molecular weight is 488 g/mol. The van der Waals surface area contributed by atoms with Gasteiger partial charge in [-0.2, -0.15) is 11.3 Å². The second kappa shape index (κ2) is 10.7. The van der Waals surface area contributed by atoms with Gasteiger partial charge in [0.05, 0.1) is 11.1 Å². The number of benzene rings is 2. The molecule has 1 amide bonds. The minimum Gasteiger partial charge on any atom is -0.338 e. The molecule has 6 heteroatoms. The summed E-state index contributed by atoms with van der Waals surface area (Å²) in [5.74, 6) is 0.121. The molecule has 2 aromatic carbocycles. The van der Waals surface area contributed by atoms with E-state index in [-0.39, 0.29) is 17.8 Å². The molecule has 180 valence electrons. The van der Waals surface area contributed by atoms with E-state index in [0.717, 1.165) is 38.0 Å². The van der Waals surface area contributed by atoms with Crippen LogP contribution in [0.5, 0.6) is 0 Å². The quantitative estimate of drug-likeness (QED) is 0.319. The number of carbonyl (C=O) groups excluding carboxylic acids is 1. The van der Waals surface area contributed by atoms with Gasteiger partial charge in [0.1, 0.15) is 5.82 Å². The number of hydrogen-bond donors (Lipinski definition) is 0. The number of para-hydroxylation sites is 1. The van der Waals surface area contributed by atoms with Crippen LogP contribution in [0.2, 0.25) is 0 Å². The molecular formula is C29H30FN3OS. The standard InChI is InChI=1S/C29H30FN3OS/c1-32(29(34)25-13-17-35-20-25)27(18-23-6-2-3-10-26(23)30)21-11-15-33(16-12-21)19-24-8-4-7-22-9-5-14-31-28(22)24/h2-10,13-14,17,20-21,27H,11-12,15-16,18-19H2,1H3/t27-/m1/s1. The molecule has 0 unspecified atom stereocenters. The Hall–Kier alpha value is -3.09. The number of rotatable bonds is 7. The lowest BCUT2D eigenvalue weighted by Crippen LogP contribution is -2.47. The molecule has 1 aliphatic heterocycles. The van der Waals surface area contributed by atoms with Crippen molar-refractivity contribution in [3.63, 3.8) is 0 Å². The summed E-state index contributed by atoms with van der Waals surface area (Å²) in [4.78, 5) is 22.1. The Bertz CT molecular complexity index is 1280. The number of thiophene rings is 1. The number of likely N-dealkylation sites (N-methyl/N-ethyl adjacent to an activating group) is 1. The Balaban J connectivity index is 1.31. The molecule has 0 spiro atoms. The Morgan fingerprint density at radius 3 is 2.63 bits per heavy atom. The second-order valence-corrected chi connectivity index (χ2v) is 10.2. The van der Waals surface area contributed by atoms with Gasteiger partial charge in [0, 0.05) is 36.6 Å². The summed E-state index contributed by atoms with van der Waals surface area (Å²) >= 11 is 1.52. The predicted molar refractivity (Wildman–Crippen MR) is 140 cm³/mol. The molecule has 4 nitrogen and oxygen atoms in total. The van der Waals surface area contributed by atoms with E-state index in [1.54, 1.807) is 6.07 Å². The van der Waals surface area contributed by atoms with Crippen LogP contribution in [0.1, 0.15) is 34.3 Å². The first kappa shape index (κ1) is 23.6. The Morgan fingerprint density at radius 1 is 1.09 bits per heavy atom. The fraction of sp³-hybridized carbons (Fsp3) is 0.310. The third-order valence-electron chi connectivity index (χ3n) is 7.26. The van der Waals surface area contributed by atoms with Crippen LogP contribution in [0.4, 0.5) is 4.39 Å². The van der Waals surface area contributed by atoms with E-state index in [9.17, 15) is 9.18 Å². The minimum atomic E-state index is -0.199. The van der Waals surface area contributed by atoms with Crippen LogP contribution in [0.3, 0.4) is 0 Å². The number of piperidine rings is 1. The van der Waals surface area contributed by atoms with Crippen LogP contribution in [-0.2, 0) is 13.0 Å². The molecule has 1 saturated heterocycles. The van der Waals surface area contributed by atoms with Crippen molar-refractivity contribution in [3.05, 3.63) is 100 Å². The van der Waals surface area contributed by atoms with E-state index >= 15 is 0 Å². The van der Waals surface area contributed by atoms with Crippen LogP contribution >= 0.6 is 11.3 Å². The van der Waals surface area contributed by atoms with Gasteiger partial charge < -0.3 is 4.90 Å². The number of nitrogens with zero attached hydrogens (tertiary/aromatic N) is 3. The Morgan fingerprint density at radius 2 is 1.86 bits per heavy atom. The normalized spacial score (nSPS) is 15.8. The maximum atomic E-state index is 14.6. The van der Waals surface area contributed by atoms with Gasteiger partial charge >= 0.3 is 0 Å². The van der Waals surface area contributed by atoms with Crippen molar-refractivity contribution in [2.45, 2.75) is 31.8 Å². The highest BCUT2D eigenvalue weighted by molar-refractivity contribution is 7.08. The maximum absolute atomic E-state index is 14.6. The first-order valence-corrected chi connectivity index (χ1v) is 13.1. The monoisotopic (exact) mass is 487 g/mol. The molecule has 4 aromatic rings. The van der Waals surface area contributed by atoms with Crippen molar-refractivity contribution < 1.29 is 9.18 Å². The molecule has 0 radical (unpaired) electrons. The van der Waals surface area contributed by atoms with E-state index in [1.807, 2.05) is 53.2 Å². The first-order chi connectivity index (χ1) is 17.1. The lowest BCUT2D eigenvalue weighted by Gasteiger charge is -2.40. The highest BCUT2D eigenvalue weighted by atomic mass is 32.1. The zero-order valence-corrected chi connectivity index (χ0v) is 20.8. The summed E-state index contributed by atoms with van der Waals surface area (Å²) in [6.45, 7) is 2.76. The zero-order chi connectivity index (χ0) is 24.2. The fourth-order valence-corrected chi connectivity index (χ4v) is 5.91. The number of amides is 1. The number of fused-ring (bicyclic) bond motifs is 1. The number of halogens is 1. The van der Waals surface area contributed by atoms with Crippen LogP contribution in [0.25, 0.3) is 10.9 Å². The molecule has 0 bridgehead atoms. The van der Waals surface area contributed by atoms with Gasteiger partial charge in [0.15, 0.2) is 0 Å². The van der Waals surface area contributed by atoms with Gasteiger partial charge in [0.2, 0.25) is 0 Å². The van der Waals surface area contributed by atoms with Gasteiger partial charge in [-0.05, 0) is 73.0 Å². The molecule has 1 aliphatic rings. The molecule has 1 fully saturated rings. The second-order valence-electron chi connectivity index (χ2n) is 9.40. The predicted octanol–water partition coefficient (Wildman–Crippen LogP) is 6.03. The van der Waals surface area contributed by atoms with Gasteiger partial charge in [-0.25, -0.2) is 4.39 Å². The van der Waals surface area contributed by atoms with Crippen molar-refractivity contribution in [1.82, 2.24) is 14.8 Å². The third kappa shape index (κ3) is 5.29. The summed E-state index contributed by atoms with van der Waals surface area (Å²) in [6.07, 6.45) is 4.32. The Kier molecular flexibility index (Phi) is 7.21. The molecule has 0 saturated carbocycles. The van der Waals surface area contributed by atoms with Crippen LogP contribution in [0.15, 0.2) is 77.6 Å². The lowest BCUT2D eigenvalue weighted by molar-refractivity contribution is 0.0584. The number of pyridine rings is 1. The number of carbonyl (C=O) groups is 1. The van der Waals surface area contributed by atoms with E-state index in [4.69, 9.17) is 0 Å². The minimum absolute atomic E-state index is 0.0110. The third-order valence-corrected chi connectivity index (χ3v) is 7.94. The van der Waals surface area contributed by atoms with Crippen molar-refractivity contribution in [1.29, 1.82) is 0 Å². The number of aromatic nitrogens is 1. The smallest absolute Gasteiger partial charge is 0.254 e. The molecule has 2 aromatic heterocycles. The molecule has 0 N–H and O–H groups in total. The molecule has 35 heavy (non-hydrogen) atoms. The summed E-state index contributed by atoms with van der Waals surface area (Å²) in [6, 6.07) is 19.2. The van der Waals surface area contributed by atoms with Crippen molar-refractivity contribution in [2.75, 3.05) is 20.1 Å². The lowest BCUT2D eigenvalue weighted by atomic mass is 9.84. The van der Waals surface area contributed by atoms with E-state index in [1.165, 1.54) is 28.4 Å². The number of hydrogen-bond acceptors (Lipinski definition) is 4. The summed E-state index contributed by atoms with van der Waals surface area (Å²) in [5.41, 5.74) is 3.69. The SMILES string of the molecule is CN(C(=O)c1ccsc1)[C@H](Cc1ccccc1F)C1CCN(Cc2cccc3cccnc23)CC1. The summed E-state index contributed by atoms with van der Waals surface area (Å²) in [7, 11) is 1.87. The van der Waals surface area contributed by atoms with E-state index in [0.29, 0.717) is 23.5 Å². The van der Waals surface area contributed by atoms with Gasteiger partial charge in [0.25, 0.3) is 5.91 Å². The van der Waals surface area contributed by atoms with Gasteiger partial charge in [-0.3, -0.25) is 14.7 Å². The summed E-state index contributed by atoms with van der Waals surface area (Å²) in [5, 5.41) is 4.98. The molecule has 0 aliphatic carbocycles. The summed E-state index contributed by atoms with van der Waals surface area (Å²) < 4.78 is 14.6. The highest BCUT2D eigenvalue weighted by Crippen LogP contribution is 2.29. The van der Waals surface area contributed by atoms with Crippen molar-refractivity contribution in [3.8, 4) is 0 Å². The fourth-order valence-electron chi connectivity index (χ4n) is 5.28. The average Bonchev–Trinajstić information content (AvgIpc) is 3.43. The topological polar surface area (TPSA) is 36.4 Å². The number of likely N-dealkylation sites (tertiary alicyclic amines) is 1. The van der Waals surface area contributed by atoms with Gasteiger partial charge in [-0.1, -0.05) is 42.5 Å². The van der Waals surface area contributed by atoms with E-state index in [2.05, 4.69) is 34.1 Å². The van der Waals surface area contributed by atoms with Crippen LogP contribution < -0.4 is 0 Å². The van der Waals surface area contributed by atoms with Crippen molar-refractivity contribution in [2.24, 2.45) is 5.92 Å². The van der Waals surface area contributed by atoms with Gasteiger partial charge in [-0.15, -0.1) is 0 Å². The largest absolute Gasteiger partial charge is 0.338 e. The van der Waals surface area contributed by atoms with Crippen LogP contribution in [0, 0.1) is 11.7 Å². The first-order valence-electron chi connectivity index (χ1n) is 12.2. The van der Waals surface area contributed by atoms with Crippen molar-refractivity contribution >= 4 is 28.1 Å². The van der Waals surface area contributed by atoms with Crippen LogP contribution in [-0.4, -0.2) is 46.9 Å². The highest BCUT2D eigenvalue weighted by Gasteiger charge is 2.32. The molecule has 5 rings (SSSR count). The zero-order valence-electron chi connectivity index (χ0n) is 19.9. The molecule has 1 atom stereocenters. The maximum Gasteiger partial charge on any atom is 0.254 e. The molecule has 3 heterocycles. The molecular weight excluding hydrogens is 457 g/mol.